The van der Waals surface area contributed by atoms with E-state index >= 15 is 0 Å². The summed E-state index contributed by atoms with van der Waals surface area (Å²) >= 11 is 0. The quantitative estimate of drug-likeness (QED) is 0.856. The Hall–Kier alpha value is -0.870. The Labute approximate surface area is 128 Å². The van der Waals surface area contributed by atoms with E-state index < -0.39 is 0 Å². The van der Waals surface area contributed by atoms with Crippen LogP contribution in [-0.4, -0.2) is 47.0 Å². The molecule has 1 aliphatic carbocycles. The summed E-state index contributed by atoms with van der Waals surface area (Å²) in [6.45, 7) is 13.5. The van der Waals surface area contributed by atoms with Crippen molar-refractivity contribution in [2.45, 2.75) is 64.5 Å². The molecular weight excluding hydrogens is 262 g/mol. The van der Waals surface area contributed by atoms with Crippen molar-refractivity contribution >= 4 is 0 Å². The molecule has 0 N–H and O–H groups in total. The van der Waals surface area contributed by atoms with Crippen LogP contribution in [0.5, 0.6) is 0 Å². The van der Waals surface area contributed by atoms with E-state index in [0.29, 0.717) is 0 Å². The number of hydrogen-bond acceptors (Lipinski definition) is 4. The van der Waals surface area contributed by atoms with Crippen LogP contribution in [0.15, 0.2) is 10.6 Å². The minimum absolute atomic E-state index is 0.0343. The second-order valence-electron chi connectivity index (χ2n) is 7.65. The molecule has 1 atom stereocenters. The Balaban J connectivity index is 1.64. The molecule has 0 unspecified atom stereocenters. The third kappa shape index (κ3) is 3.49. The molecule has 2 fully saturated rings. The maximum atomic E-state index is 6.02. The lowest BCUT2D eigenvalue weighted by atomic mass is 9.94. The number of rotatable bonds is 3. The molecule has 0 spiro atoms. The first kappa shape index (κ1) is 15.0. The van der Waals surface area contributed by atoms with Gasteiger partial charge < -0.3 is 4.42 Å². The summed E-state index contributed by atoms with van der Waals surface area (Å²) in [7, 11) is 0. The van der Waals surface area contributed by atoms with Crippen LogP contribution < -0.4 is 0 Å². The smallest absolute Gasteiger partial charge is 0.211 e. The first-order valence-corrected chi connectivity index (χ1v) is 8.39. The van der Waals surface area contributed by atoms with Gasteiger partial charge in [-0.25, -0.2) is 4.98 Å². The van der Waals surface area contributed by atoms with Gasteiger partial charge in [0.2, 0.25) is 5.89 Å². The van der Waals surface area contributed by atoms with Gasteiger partial charge in [0.25, 0.3) is 0 Å². The fourth-order valence-electron chi connectivity index (χ4n) is 3.13. The van der Waals surface area contributed by atoms with E-state index in [1.807, 2.05) is 6.20 Å². The van der Waals surface area contributed by atoms with Crippen molar-refractivity contribution in [2.75, 3.05) is 26.2 Å². The molecule has 4 nitrogen and oxygen atoms in total. The van der Waals surface area contributed by atoms with E-state index in [1.165, 1.54) is 32.4 Å². The molecule has 3 rings (SSSR count). The number of oxazole rings is 1. The number of aromatic nitrogens is 1. The molecule has 118 valence electrons. The molecule has 1 aliphatic heterocycles. The zero-order valence-corrected chi connectivity index (χ0v) is 13.9. The monoisotopic (exact) mass is 291 g/mol. The van der Waals surface area contributed by atoms with Gasteiger partial charge in [0.05, 0.1) is 12.2 Å². The van der Waals surface area contributed by atoms with Gasteiger partial charge >= 0.3 is 0 Å². The molecule has 0 radical (unpaired) electrons. The van der Waals surface area contributed by atoms with E-state index in [1.54, 1.807) is 0 Å². The van der Waals surface area contributed by atoms with Crippen LogP contribution in [0.25, 0.3) is 0 Å². The first-order valence-electron chi connectivity index (χ1n) is 8.39. The molecule has 1 saturated heterocycles. The summed E-state index contributed by atoms with van der Waals surface area (Å²) in [6.07, 6.45) is 5.97. The van der Waals surface area contributed by atoms with Crippen LogP contribution in [0, 0.1) is 0 Å². The molecule has 4 heteroatoms. The zero-order valence-electron chi connectivity index (χ0n) is 13.9. The minimum atomic E-state index is 0.0343. The Bertz CT molecular complexity index is 473. The average molecular weight is 291 g/mol. The predicted octanol–water partition coefficient (Wildman–Crippen LogP) is 3.20. The molecule has 0 aromatic carbocycles. The SMILES string of the molecule is C[C@H](c1ncc(C(C)(C)C)o1)N1CCCN(C2CC2)CC1. The molecule has 0 amide bonds. The van der Waals surface area contributed by atoms with Gasteiger partial charge in [-0.3, -0.25) is 9.80 Å². The van der Waals surface area contributed by atoms with Crippen LogP contribution >= 0.6 is 0 Å². The number of hydrogen-bond donors (Lipinski definition) is 0. The van der Waals surface area contributed by atoms with Crippen LogP contribution in [0.2, 0.25) is 0 Å². The highest BCUT2D eigenvalue weighted by atomic mass is 16.4. The van der Waals surface area contributed by atoms with Crippen molar-refractivity contribution in [3.63, 3.8) is 0 Å². The van der Waals surface area contributed by atoms with Gasteiger partial charge in [-0.05, 0) is 32.7 Å². The van der Waals surface area contributed by atoms with Gasteiger partial charge in [-0.15, -0.1) is 0 Å². The molecule has 2 heterocycles. The van der Waals surface area contributed by atoms with Gasteiger partial charge in [0.1, 0.15) is 5.76 Å². The highest BCUT2D eigenvalue weighted by Crippen LogP contribution is 2.30. The summed E-state index contributed by atoms with van der Waals surface area (Å²) in [6, 6.07) is 1.16. The van der Waals surface area contributed by atoms with E-state index in [9.17, 15) is 0 Å². The Morgan fingerprint density at radius 1 is 1.19 bits per heavy atom. The van der Waals surface area contributed by atoms with Crippen molar-refractivity contribution in [2.24, 2.45) is 0 Å². The highest BCUT2D eigenvalue weighted by Gasteiger charge is 2.31. The van der Waals surface area contributed by atoms with Gasteiger partial charge in [-0.2, -0.15) is 0 Å². The third-order valence-electron chi connectivity index (χ3n) is 4.80. The molecule has 2 aliphatic rings. The van der Waals surface area contributed by atoms with Crippen molar-refractivity contribution in [1.82, 2.24) is 14.8 Å². The lowest BCUT2D eigenvalue weighted by molar-refractivity contribution is 0.179. The zero-order chi connectivity index (χ0) is 15.0. The maximum Gasteiger partial charge on any atom is 0.211 e. The first-order chi connectivity index (χ1) is 9.95. The fourth-order valence-corrected chi connectivity index (χ4v) is 3.13. The lowest BCUT2D eigenvalue weighted by Gasteiger charge is -2.25. The van der Waals surface area contributed by atoms with E-state index in [4.69, 9.17) is 4.42 Å². The number of nitrogens with zero attached hydrogens (tertiary/aromatic N) is 3. The highest BCUT2D eigenvalue weighted by molar-refractivity contribution is 5.07. The van der Waals surface area contributed by atoms with E-state index in [2.05, 4.69) is 42.5 Å². The molecule has 21 heavy (non-hydrogen) atoms. The summed E-state index contributed by atoms with van der Waals surface area (Å²) < 4.78 is 6.02. The molecule has 1 aromatic heterocycles. The largest absolute Gasteiger partial charge is 0.443 e. The minimum Gasteiger partial charge on any atom is -0.443 e. The Morgan fingerprint density at radius 2 is 1.95 bits per heavy atom. The summed E-state index contributed by atoms with van der Waals surface area (Å²) in [5.41, 5.74) is 0.0343. The normalized spacial score (nSPS) is 24.0. The summed E-state index contributed by atoms with van der Waals surface area (Å²) in [4.78, 5) is 9.73. The van der Waals surface area contributed by atoms with Crippen molar-refractivity contribution < 1.29 is 4.42 Å². The van der Waals surface area contributed by atoms with Gasteiger partial charge in [0.15, 0.2) is 0 Å². The fraction of sp³-hybridized carbons (Fsp3) is 0.824. The van der Waals surface area contributed by atoms with E-state index in [0.717, 1.165) is 30.8 Å². The lowest BCUT2D eigenvalue weighted by Crippen LogP contribution is -2.33. The van der Waals surface area contributed by atoms with Gasteiger partial charge in [0, 0.05) is 31.1 Å². The second kappa shape index (κ2) is 5.73. The Morgan fingerprint density at radius 3 is 2.57 bits per heavy atom. The molecular formula is C17H29N3O. The third-order valence-corrected chi connectivity index (χ3v) is 4.80. The summed E-state index contributed by atoms with van der Waals surface area (Å²) in [5, 5.41) is 0. The average Bonchev–Trinajstić information content (AvgIpc) is 3.17. The van der Waals surface area contributed by atoms with Crippen LogP contribution in [0.4, 0.5) is 0 Å². The van der Waals surface area contributed by atoms with E-state index in [-0.39, 0.29) is 11.5 Å². The molecule has 0 bridgehead atoms. The maximum absolute atomic E-state index is 6.02. The van der Waals surface area contributed by atoms with Crippen LogP contribution in [0.1, 0.15) is 64.7 Å². The molecule has 1 saturated carbocycles. The summed E-state index contributed by atoms with van der Waals surface area (Å²) in [5.74, 6) is 1.86. The van der Waals surface area contributed by atoms with Crippen LogP contribution in [-0.2, 0) is 5.41 Å². The van der Waals surface area contributed by atoms with Crippen molar-refractivity contribution in [3.8, 4) is 0 Å². The van der Waals surface area contributed by atoms with Gasteiger partial charge in [-0.1, -0.05) is 20.8 Å². The Kier molecular flexibility index (Phi) is 4.10. The molecule has 1 aromatic rings. The predicted molar refractivity (Wildman–Crippen MR) is 84.4 cm³/mol. The van der Waals surface area contributed by atoms with Crippen molar-refractivity contribution in [3.05, 3.63) is 17.8 Å². The topological polar surface area (TPSA) is 32.5 Å². The second-order valence-corrected chi connectivity index (χ2v) is 7.65. The van der Waals surface area contributed by atoms with Crippen molar-refractivity contribution in [1.29, 1.82) is 0 Å². The standard InChI is InChI=1S/C17H29N3O/c1-13(16-18-12-15(21-16)17(2,3)4)19-8-5-9-20(11-10-19)14-6-7-14/h12-14H,5-11H2,1-4H3/t13-/m1/s1. The van der Waals surface area contributed by atoms with Crippen LogP contribution in [0.3, 0.4) is 0 Å².